The zero-order valence-electron chi connectivity index (χ0n) is 15.8. The van der Waals surface area contributed by atoms with E-state index in [1.54, 1.807) is 6.07 Å². The van der Waals surface area contributed by atoms with Crippen molar-refractivity contribution in [1.29, 1.82) is 0 Å². The third kappa shape index (κ3) is 6.53. The van der Waals surface area contributed by atoms with Crippen molar-refractivity contribution in [2.24, 2.45) is 5.41 Å². The number of carboxylic acid groups (broad SMARTS) is 1. The Morgan fingerprint density at radius 3 is 2.32 bits per heavy atom. The van der Waals surface area contributed by atoms with Crippen LogP contribution in [0.15, 0.2) is 42.5 Å². The van der Waals surface area contributed by atoms with Crippen LogP contribution in [-0.2, 0) is 4.79 Å². The maximum atomic E-state index is 13.7. The highest BCUT2D eigenvalue weighted by molar-refractivity contribution is 5.99. The number of benzene rings is 2. The minimum Gasteiger partial charge on any atom is -0.465 e. The van der Waals surface area contributed by atoms with E-state index in [4.69, 9.17) is 5.11 Å². The lowest BCUT2D eigenvalue weighted by atomic mass is 9.88. The Morgan fingerprint density at radius 2 is 1.71 bits per heavy atom. The lowest BCUT2D eigenvalue weighted by Gasteiger charge is -2.25. The van der Waals surface area contributed by atoms with Gasteiger partial charge in [-0.05, 0) is 48.2 Å². The van der Waals surface area contributed by atoms with E-state index in [1.165, 1.54) is 24.3 Å². The molecule has 0 aromatic heterocycles. The second-order valence-corrected chi connectivity index (χ2v) is 7.58. The molecule has 4 N–H and O–H groups in total. The zero-order valence-corrected chi connectivity index (χ0v) is 15.8. The first-order valence-electron chi connectivity index (χ1n) is 8.66. The minimum atomic E-state index is -1.32. The molecule has 0 radical (unpaired) electrons. The van der Waals surface area contributed by atoms with Crippen molar-refractivity contribution in [3.8, 4) is 0 Å². The van der Waals surface area contributed by atoms with Crippen LogP contribution >= 0.6 is 0 Å². The number of anilines is 3. The topological polar surface area (TPSA) is 90.5 Å². The van der Waals surface area contributed by atoms with Gasteiger partial charge in [0, 0.05) is 5.69 Å². The van der Waals surface area contributed by atoms with E-state index in [1.807, 2.05) is 20.8 Å². The van der Waals surface area contributed by atoms with Crippen molar-refractivity contribution in [1.82, 2.24) is 5.32 Å². The van der Waals surface area contributed by atoms with Crippen LogP contribution < -0.4 is 16.0 Å². The van der Waals surface area contributed by atoms with E-state index in [0.717, 1.165) is 12.1 Å². The van der Waals surface area contributed by atoms with Crippen molar-refractivity contribution in [3.05, 3.63) is 54.1 Å². The summed E-state index contributed by atoms with van der Waals surface area (Å²) in [5, 5.41) is 16.7. The number of nitrogens with one attached hydrogen (secondary N) is 3. The fourth-order valence-corrected chi connectivity index (χ4v) is 2.64. The number of carbonyl (C=O) groups is 2. The largest absolute Gasteiger partial charge is 0.465 e. The molecule has 6 nitrogen and oxygen atoms in total. The van der Waals surface area contributed by atoms with Gasteiger partial charge in [0.1, 0.15) is 17.7 Å². The van der Waals surface area contributed by atoms with Gasteiger partial charge in [-0.25, -0.2) is 13.6 Å². The van der Waals surface area contributed by atoms with Crippen LogP contribution in [-0.4, -0.2) is 23.1 Å². The van der Waals surface area contributed by atoms with Gasteiger partial charge < -0.3 is 21.1 Å². The van der Waals surface area contributed by atoms with Gasteiger partial charge in [-0.15, -0.1) is 0 Å². The molecule has 2 aromatic carbocycles. The van der Waals surface area contributed by atoms with Crippen LogP contribution in [0.2, 0.25) is 0 Å². The maximum absolute atomic E-state index is 13.7. The third-order valence-electron chi connectivity index (χ3n) is 3.77. The summed E-state index contributed by atoms with van der Waals surface area (Å²) in [6.45, 7) is 5.64. The van der Waals surface area contributed by atoms with Crippen molar-refractivity contribution < 1.29 is 23.5 Å². The van der Waals surface area contributed by atoms with E-state index < -0.39 is 29.7 Å². The summed E-state index contributed by atoms with van der Waals surface area (Å²) in [7, 11) is 0. The van der Waals surface area contributed by atoms with Crippen molar-refractivity contribution in [2.45, 2.75) is 33.2 Å². The second-order valence-electron chi connectivity index (χ2n) is 7.58. The van der Waals surface area contributed by atoms with Crippen LogP contribution in [0.5, 0.6) is 0 Å². The lowest BCUT2D eigenvalue weighted by Crippen LogP contribution is -2.45. The summed E-state index contributed by atoms with van der Waals surface area (Å²) in [6, 6.07) is 8.26. The summed E-state index contributed by atoms with van der Waals surface area (Å²) in [4.78, 5) is 23.7. The summed E-state index contributed by atoms with van der Waals surface area (Å²) in [5.74, 6) is -1.60. The Morgan fingerprint density at radius 1 is 1.04 bits per heavy atom. The first-order valence-corrected chi connectivity index (χ1v) is 8.66. The van der Waals surface area contributed by atoms with Gasteiger partial charge in [-0.3, -0.25) is 4.79 Å². The molecule has 0 bridgehead atoms. The monoisotopic (exact) mass is 391 g/mol. The van der Waals surface area contributed by atoms with Crippen LogP contribution in [0.25, 0.3) is 0 Å². The fourth-order valence-electron chi connectivity index (χ4n) is 2.64. The van der Waals surface area contributed by atoms with Gasteiger partial charge in [0.15, 0.2) is 0 Å². The molecule has 0 unspecified atom stereocenters. The van der Waals surface area contributed by atoms with Crippen LogP contribution in [0.1, 0.15) is 27.2 Å². The van der Waals surface area contributed by atoms with Gasteiger partial charge in [0.25, 0.3) is 0 Å². The first kappa shape index (κ1) is 21.1. The van der Waals surface area contributed by atoms with Gasteiger partial charge in [0.05, 0.1) is 11.4 Å². The molecule has 0 fully saturated rings. The van der Waals surface area contributed by atoms with Crippen molar-refractivity contribution >= 4 is 29.1 Å². The molecule has 0 aliphatic rings. The Hall–Kier alpha value is -3.16. The number of hydrogen-bond acceptors (Lipinski definition) is 3. The molecule has 1 atom stereocenters. The van der Waals surface area contributed by atoms with E-state index in [2.05, 4.69) is 16.0 Å². The zero-order chi connectivity index (χ0) is 20.9. The molecule has 0 aliphatic heterocycles. The molecule has 0 heterocycles. The minimum absolute atomic E-state index is 0.212. The summed E-state index contributed by atoms with van der Waals surface area (Å²) in [5.41, 5.74) is 0.511. The molecule has 0 saturated heterocycles. The van der Waals surface area contributed by atoms with Crippen molar-refractivity contribution in [3.63, 3.8) is 0 Å². The predicted octanol–water partition coefficient (Wildman–Crippen LogP) is 4.72. The van der Waals surface area contributed by atoms with Gasteiger partial charge in [0.2, 0.25) is 5.91 Å². The summed E-state index contributed by atoms with van der Waals surface area (Å²) < 4.78 is 27.1. The lowest BCUT2D eigenvalue weighted by molar-refractivity contribution is -0.118. The van der Waals surface area contributed by atoms with E-state index in [9.17, 15) is 18.4 Å². The molecular formula is C20H23F2N3O3. The van der Waals surface area contributed by atoms with Crippen LogP contribution in [0, 0.1) is 17.0 Å². The smallest absolute Gasteiger partial charge is 0.405 e. The van der Waals surface area contributed by atoms with Crippen molar-refractivity contribution in [2.75, 3.05) is 10.6 Å². The number of amides is 2. The Bertz CT molecular complexity index is 866. The molecule has 0 saturated carbocycles. The van der Waals surface area contributed by atoms with Crippen LogP contribution in [0.4, 0.5) is 30.6 Å². The first-order chi connectivity index (χ1) is 13.0. The highest BCUT2D eigenvalue weighted by Crippen LogP contribution is 2.28. The molecule has 8 heteroatoms. The molecular weight excluding hydrogens is 368 g/mol. The second kappa shape index (κ2) is 8.69. The number of carbonyl (C=O) groups excluding carboxylic acids is 1. The number of halogens is 2. The highest BCUT2D eigenvalue weighted by Gasteiger charge is 2.27. The molecule has 0 aliphatic carbocycles. The summed E-state index contributed by atoms with van der Waals surface area (Å²) >= 11 is 0. The normalized spacial score (nSPS) is 12.2. The maximum Gasteiger partial charge on any atom is 0.405 e. The highest BCUT2D eigenvalue weighted by atomic mass is 19.1. The fraction of sp³-hybridized carbons (Fsp3) is 0.300. The summed E-state index contributed by atoms with van der Waals surface area (Å²) in [6.07, 6.45) is -1.06. The third-order valence-corrected chi connectivity index (χ3v) is 3.77. The molecule has 2 amide bonds. The SMILES string of the molecule is CC(C)(C)C[C@H](NC(=O)O)C(=O)Nc1ccc(F)cc1Nc1cccc(F)c1. The average molecular weight is 391 g/mol. The van der Waals surface area contributed by atoms with Gasteiger partial charge in [-0.1, -0.05) is 26.8 Å². The standard InChI is InChI=1S/C20H23F2N3O3/c1-20(2,3)11-17(25-19(27)28)18(26)24-15-8-7-13(22)10-16(15)23-14-6-4-5-12(21)9-14/h4-10,17,23,25H,11H2,1-3H3,(H,24,26)(H,27,28)/t17-/m0/s1. The molecule has 2 rings (SSSR count). The predicted molar refractivity (Wildman–Crippen MR) is 104 cm³/mol. The molecule has 0 spiro atoms. The van der Waals surface area contributed by atoms with E-state index in [-0.39, 0.29) is 23.2 Å². The van der Waals surface area contributed by atoms with Crippen LogP contribution in [0.3, 0.4) is 0 Å². The molecule has 2 aromatic rings. The Balaban J connectivity index is 2.26. The van der Waals surface area contributed by atoms with Gasteiger partial charge in [-0.2, -0.15) is 0 Å². The van der Waals surface area contributed by atoms with Gasteiger partial charge >= 0.3 is 6.09 Å². The Kier molecular flexibility index (Phi) is 6.56. The van der Waals surface area contributed by atoms with E-state index >= 15 is 0 Å². The molecule has 28 heavy (non-hydrogen) atoms. The number of hydrogen-bond donors (Lipinski definition) is 4. The average Bonchev–Trinajstić information content (AvgIpc) is 2.55. The molecule has 150 valence electrons. The Labute approximate surface area is 162 Å². The number of rotatable bonds is 6. The quantitative estimate of drug-likeness (QED) is 0.574. The van der Waals surface area contributed by atoms with E-state index in [0.29, 0.717) is 5.69 Å².